The predicted molar refractivity (Wildman–Crippen MR) is 76.2 cm³/mol. The van der Waals surface area contributed by atoms with Crippen molar-refractivity contribution in [1.29, 1.82) is 0 Å². The molecule has 0 aliphatic rings. The van der Waals surface area contributed by atoms with Gasteiger partial charge in [-0.15, -0.1) is 0 Å². The van der Waals surface area contributed by atoms with E-state index in [0.29, 0.717) is 10.7 Å². The molecule has 0 aliphatic heterocycles. The SMILES string of the molecule is CCc1nn(C)c(CC(C)CC(C)Br)c1Br. The van der Waals surface area contributed by atoms with Gasteiger partial charge >= 0.3 is 0 Å². The van der Waals surface area contributed by atoms with Crippen LogP contribution < -0.4 is 0 Å². The van der Waals surface area contributed by atoms with Crippen LogP contribution in [0.4, 0.5) is 0 Å². The first-order valence-corrected chi connectivity index (χ1v) is 7.50. The molecule has 0 fully saturated rings. The first kappa shape index (κ1) is 14.2. The number of nitrogens with zero attached hydrogens (tertiary/aromatic N) is 2. The number of hydrogen-bond acceptors (Lipinski definition) is 1. The molecule has 0 bridgehead atoms. The Bertz CT molecular complexity index is 345. The Labute approximate surface area is 115 Å². The molecule has 2 atom stereocenters. The van der Waals surface area contributed by atoms with E-state index in [9.17, 15) is 0 Å². The van der Waals surface area contributed by atoms with Crippen molar-refractivity contribution in [2.75, 3.05) is 0 Å². The highest BCUT2D eigenvalue weighted by molar-refractivity contribution is 9.10. The third kappa shape index (κ3) is 3.59. The number of aryl methyl sites for hydroxylation is 2. The van der Waals surface area contributed by atoms with E-state index in [4.69, 9.17) is 0 Å². The number of halogens is 2. The van der Waals surface area contributed by atoms with Crippen LogP contribution in [-0.2, 0) is 19.9 Å². The van der Waals surface area contributed by atoms with E-state index in [1.807, 2.05) is 11.7 Å². The van der Waals surface area contributed by atoms with E-state index in [1.54, 1.807) is 0 Å². The maximum atomic E-state index is 4.52. The Morgan fingerprint density at radius 2 is 2.00 bits per heavy atom. The lowest BCUT2D eigenvalue weighted by Crippen LogP contribution is -2.09. The smallest absolute Gasteiger partial charge is 0.0766 e. The van der Waals surface area contributed by atoms with Crippen LogP contribution in [0.2, 0.25) is 0 Å². The minimum atomic E-state index is 0.583. The molecule has 2 nitrogen and oxygen atoms in total. The molecule has 16 heavy (non-hydrogen) atoms. The van der Waals surface area contributed by atoms with Crippen molar-refractivity contribution in [2.45, 2.75) is 44.9 Å². The van der Waals surface area contributed by atoms with Crippen LogP contribution in [0.15, 0.2) is 4.47 Å². The van der Waals surface area contributed by atoms with Crippen LogP contribution in [0.25, 0.3) is 0 Å². The summed E-state index contributed by atoms with van der Waals surface area (Å²) < 4.78 is 3.21. The minimum Gasteiger partial charge on any atom is -0.271 e. The second-order valence-corrected chi connectivity index (χ2v) is 6.87. The fourth-order valence-electron chi connectivity index (χ4n) is 2.01. The van der Waals surface area contributed by atoms with Crippen molar-refractivity contribution in [2.24, 2.45) is 13.0 Å². The summed E-state index contributed by atoms with van der Waals surface area (Å²) in [5, 5.41) is 4.52. The van der Waals surface area contributed by atoms with Crippen molar-refractivity contribution in [3.05, 3.63) is 15.9 Å². The Kier molecular flexibility index (Phi) is 5.51. The first-order chi connectivity index (χ1) is 7.45. The highest BCUT2D eigenvalue weighted by atomic mass is 79.9. The lowest BCUT2D eigenvalue weighted by atomic mass is 10.00. The topological polar surface area (TPSA) is 17.8 Å². The van der Waals surface area contributed by atoms with Gasteiger partial charge in [0.25, 0.3) is 0 Å². The molecule has 0 radical (unpaired) electrons. The predicted octanol–water partition coefficient (Wildman–Crippen LogP) is 4.10. The summed E-state index contributed by atoms with van der Waals surface area (Å²) in [4.78, 5) is 0.583. The molecule has 2 unspecified atom stereocenters. The molecule has 0 aliphatic carbocycles. The summed E-state index contributed by atoms with van der Waals surface area (Å²) in [6.07, 6.45) is 3.26. The molecule has 1 aromatic rings. The second kappa shape index (κ2) is 6.20. The quantitative estimate of drug-likeness (QED) is 0.730. The molecule has 1 aromatic heterocycles. The highest BCUT2D eigenvalue weighted by Crippen LogP contribution is 2.26. The molecular formula is C12H20Br2N2. The van der Waals surface area contributed by atoms with E-state index >= 15 is 0 Å². The Balaban J connectivity index is 2.76. The van der Waals surface area contributed by atoms with Crippen molar-refractivity contribution in [1.82, 2.24) is 9.78 Å². The number of alkyl halides is 1. The summed E-state index contributed by atoms with van der Waals surface area (Å²) in [6, 6.07) is 0. The molecule has 0 saturated heterocycles. The Morgan fingerprint density at radius 3 is 2.44 bits per heavy atom. The summed E-state index contributed by atoms with van der Waals surface area (Å²) in [5.41, 5.74) is 2.48. The highest BCUT2D eigenvalue weighted by Gasteiger charge is 2.16. The zero-order valence-corrected chi connectivity index (χ0v) is 13.6. The van der Waals surface area contributed by atoms with E-state index in [2.05, 4.69) is 57.7 Å². The summed E-state index contributed by atoms with van der Waals surface area (Å²) in [5.74, 6) is 0.672. The van der Waals surface area contributed by atoms with Gasteiger partial charge in [0.2, 0.25) is 0 Å². The maximum Gasteiger partial charge on any atom is 0.0766 e. The van der Waals surface area contributed by atoms with E-state index in [1.165, 1.54) is 16.6 Å². The molecule has 0 N–H and O–H groups in total. The molecule has 1 heterocycles. The normalized spacial score (nSPS) is 15.1. The van der Waals surface area contributed by atoms with E-state index in [-0.39, 0.29) is 0 Å². The number of rotatable bonds is 5. The van der Waals surface area contributed by atoms with Gasteiger partial charge in [-0.25, -0.2) is 0 Å². The minimum absolute atomic E-state index is 0.583. The van der Waals surface area contributed by atoms with Gasteiger partial charge in [0, 0.05) is 11.9 Å². The summed E-state index contributed by atoms with van der Waals surface area (Å²) in [7, 11) is 2.03. The van der Waals surface area contributed by atoms with Gasteiger partial charge in [0.1, 0.15) is 0 Å². The average Bonchev–Trinajstić information content (AvgIpc) is 2.44. The first-order valence-electron chi connectivity index (χ1n) is 5.80. The van der Waals surface area contributed by atoms with Gasteiger partial charge in [-0.1, -0.05) is 36.7 Å². The molecule has 4 heteroatoms. The van der Waals surface area contributed by atoms with Crippen molar-refractivity contribution < 1.29 is 0 Å². The lowest BCUT2D eigenvalue weighted by molar-refractivity contribution is 0.510. The molecule has 1 rings (SSSR count). The largest absolute Gasteiger partial charge is 0.271 e. The van der Waals surface area contributed by atoms with Gasteiger partial charge in [-0.2, -0.15) is 5.10 Å². The lowest BCUT2D eigenvalue weighted by Gasteiger charge is -2.13. The zero-order valence-electron chi connectivity index (χ0n) is 10.4. The number of hydrogen-bond donors (Lipinski definition) is 0. The molecule has 0 saturated carbocycles. The van der Waals surface area contributed by atoms with Crippen LogP contribution >= 0.6 is 31.9 Å². The third-order valence-electron chi connectivity index (χ3n) is 2.77. The van der Waals surface area contributed by atoms with Crippen LogP contribution in [0, 0.1) is 5.92 Å². The van der Waals surface area contributed by atoms with Gasteiger partial charge in [0.05, 0.1) is 15.9 Å². The van der Waals surface area contributed by atoms with Gasteiger partial charge in [-0.3, -0.25) is 4.68 Å². The summed E-state index contributed by atoms with van der Waals surface area (Å²) in [6.45, 7) is 6.63. The Hall–Kier alpha value is 0.170. The summed E-state index contributed by atoms with van der Waals surface area (Å²) >= 11 is 7.27. The van der Waals surface area contributed by atoms with E-state index < -0.39 is 0 Å². The Morgan fingerprint density at radius 1 is 1.38 bits per heavy atom. The van der Waals surface area contributed by atoms with Gasteiger partial charge < -0.3 is 0 Å². The second-order valence-electron chi connectivity index (χ2n) is 4.51. The van der Waals surface area contributed by atoms with Crippen LogP contribution in [0.5, 0.6) is 0 Å². The van der Waals surface area contributed by atoms with Crippen LogP contribution in [0.3, 0.4) is 0 Å². The van der Waals surface area contributed by atoms with Crippen molar-refractivity contribution >= 4 is 31.9 Å². The van der Waals surface area contributed by atoms with E-state index in [0.717, 1.165) is 18.5 Å². The molecule has 0 aromatic carbocycles. The van der Waals surface area contributed by atoms with Crippen LogP contribution in [-0.4, -0.2) is 14.6 Å². The maximum absolute atomic E-state index is 4.52. The van der Waals surface area contributed by atoms with Crippen LogP contribution in [0.1, 0.15) is 38.6 Å². The molecular weight excluding hydrogens is 332 g/mol. The van der Waals surface area contributed by atoms with Gasteiger partial charge in [-0.05, 0) is 41.1 Å². The monoisotopic (exact) mass is 350 g/mol. The van der Waals surface area contributed by atoms with Gasteiger partial charge in [0.15, 0.2) is 0 Å². The number of aromatic nitrogens is 2. The zero-order chi connectivity index (χ0) is 12.3. The van der Waals surface area contributed by atoms with Crippen molar-refractivity contribution in [3.8, 4) is 0 Å². The van der Waals surface area contributed by atoms with Crippen molar-refractivity contribution in [3.63, 3.8) is 0 Å². The fourth-order valence-corrected chi connectivity index (χ4v) is 3.43. The average molecular weight is 352 g/mol. The fraction of sp³-hybridized carbons (Fsp3) is 0.750. The molecule has 92 valence electrons. The molecule has 0 spiro atoms. The third-order valence-corrected chi connectivity index (χ3v) is 4.06. The standard InChI is InChI=1S/C12H20Br2N2/c1-5-10-12(14)11(16(4)15-10)7-8(2)6-9(3)13/h8-9H,5-7H2,1-4H3. The molecule has 0 amide bonds.